The molecule has 370 valence electrons. The van der Waals surface area contributed by atoms with E-state index in [0.717, 1.165) is 155 Å². The second kappa shape index (κ2) is 15.7. The van der Waals surface area contributed by atoms with Crippen molar-refractivity contribution in [1.29, 1.82) is 0 Å². The molecule has 0 bridgehead atoms. The van der Waals surface area contributed by atoms with E-state index in [2.05, 4.69) is 246 Å². The maximum absolute atomic E-state index is 6.91. The van der Waals surface area contributed by atoms with E-state index in [1.165, 1.54) is 25.6 Å². The van der Waals surface area contributed by atoms with E-state index < -0.39 is 0 Å². The number of thiophene rings is 1. The van der Waals surface area contributed by atoms with Crippen LogP contribution in [-0.2, 0) is 0 Å². The summed E-state index contributed by atoms with van der Waals surface area (Å²) in [5, 5.41) is 10.9. The monoisotopic (exact) mass is 1040 g/mol. The fourth-order valence-corrected chi connectivity index (χ4v) is 15.0. The van der Waals surface area contributed by atoms with Crippen molar-refractivity contribution in [1.82, 2.24) is 0 Å². The van der Waals surface area contributed by atoms with E-state index in [9.17, 15) is 0 Å². The van der Waals surface area contributed by atoms with E-state index in [4.69, 9.17) is 17.7 Å². The predicted octanol–water partition coefficient (Wildman–Crippen LogP) is 19.1. The van der Waals surface area contributed by atoms with Crippen LogP contribution in [0.25, 0.3) is 130 Å². The molecule has 0 aliphatic carbocycles. The van der Waals surface area contributed by atoms with Gasteiger partial charge in [-0.1, -0.05) is 140 Å². The number of hydrogen-bond donors (Lipinski definition) is 0. The molecular weight excluding hydrogens is 1000 g/mol. The number of para-hydroxylation sites is 2. The smallest absolute Gasteiger partial charge is 0.252 e. The van der Waals surface area contributed by atoms with Crippen LogP contribution < -0.4 is 26.2 Å². The fourth-order valence-electron chi connectivity index (χ4n) is 13.8. The summed E-state index contributed by atoms with van der Waals surface area (Å²) in [6, 6.07) is 85.3. The third-order valence-corrected chi connectivity index (χ3v) is 18.4. The van der Waals surface area contributed by atoms with Gasteiger partial charge >= 0.3 is 0 Å². The molecule has 0 spiro atoms. The SMILES string of the molecule is c1ccc(-c2ccc3oc4cccc(N5c6cc7c(cc6B6c8cc9oc%10ccccc%10c9cc8N(c8cccc9oc%10ccc(-c%11ccccc%11)cc%10c89)c8c6c5cc5c8sc6ccccc65)oc5ccccc57)c4c3c2)cc1. The van der Waals surface area contributed by atoms with Crippen LogP contribution in [0.3, 0.4) is 0 Å². The highest BCUT2D eigenvalue weighted by Crippen LogP contribution is 2.55. The first-order valence-electron chi connectivity index (χ1n) is 27.2. The Labute approximate surface area is 460 Å². The summed E-state index contributed by atoms with van der Waals surface area (Å²) in [5.74, 6) is 0. The molecule has 12 aromatic carbocycles. The summed E-state index contributed by atoms with van der Waals surface area (Å²) in [7, 11) is 0. The number of hydrogen-bond acceptors (Lipinski definition) is 7. The number of fused-ring (bicyclic) bond motifs is 20. The average molecular weight is 1040 g/mol. The highest BCUT2D eigenvalue weighted by atomic mass is 32.1. The summed E-state index contributed by atoms with van der Waals surface area (Å²) < 4.78 is 30.0. The first-order chi connectivity index (χ1) is 39.6. The summed E-state index contributed by atoms with van der Waals surface area (Å²) >= 11 is 1.87. The molecule has 0 amide bonds. The summed E-state index contributed by atoms with van der Waals surface area (Å²) in [6.07, 6.45) is 0. The zero-order valence-electron chi connectivity index (χ0n) is 42.5. The van der Waals surface area contributed by atoms with Gasteiger partial charge in [0.15, 0.2) is 0 Å². The zero-order chi connectivity index (χ0) is 51.9. The molecule has 2 aliphatic heterocycles. The molecule has 0 fully saturated rings. The topological polar surface area (TPSA) is 59.0 Å². The minimum atomic E-state index is -0.266. The minimum absolute atomic E-state index is 0.266. The highest BCUT2D eigenvalue weighted by Gasteiger charge is 2.46. The first-order valence-corrected chi connectivity index (χ1v) is 28.0. The maximum atomic E-state index is 6.91. The van der Waals surface area contributed by atoms with Gasteiger partial charge in [0, 0.05) is 64.9 Å². The Bertz CT molecular complexity index is 5520. The van der Waals surface area contributed by atoms with E-state index in [0.29, 0.717) is 0 Å². The van der Waals surface area contributed by atoms with Gasteiger partial charge in [0.25, 0.3) is 6.71 Å². The van der Waals surface area contributed by atoms with Crippen LogP contribution >= 0.6 is 11.3 Å². The molecule has 0 saturated heterocycles. The second-order valence-electron chi connectivity index (χ2n) is 21.4. The van der Waals surface area contributed by atoms with Gasteiger partial charge in [-0.15, -0.1) is 11.3 Å². The van der Waals surface area contributed by atoms with E-state index in [1.54, 1.807) is 0 Å². The molecule has 0 saturated carbocycles. The lowest BCUT2D eigenvalue weighted by atomic mass is 9.33. The minimum Gasteiger partial charge on any atom is -0.456 e. The highest BCUT2D eigenvalue weighted by molar-refractivity contribution is 7.26. The van der Waals surface area contributed by atoms with Gasteiger partial charge in [-0.25, -0.2) is 0 Å². The number of benzene rings is 12. The Morgan fingerprint density at radius 1 is 0.287 bits per heavy atom. The van der Waals surface area contributed by atoms with E-state index in [1.807, 2.05) is 11.3 Å². The molecule has 6 nitrogen and oxygen atoms in total. The van der Waals surface area contributed by atoms with E-state index >= 15 is 0 Å². The van der Waals surface area contributed by atoms with Crippen LogP contribution in [0.2, 0.25) is 0 Å². The molecular formula is C72H39BN2O4S. The van der Waals surface area contributed by atoms with Gasteiger partial charge in [-0.2, -0.15) is 0 Å². The Kier molecular flexibility index (Phi) is 8.39. The fraction of sp³-hybridized carbons (Fsp3) is 0. The van der Waals surface area contributed by atoms with Crippen LogP contribution in [0.4, 0.5) is 34.1 Å². The Hall–Kier alpha value is -10.3. The Morgan fingerprint density at radius 3 is 1.34 bits per heavy atom. The van der Waals surface area contributed by atoms with Crippen LogP contribution in [0.5, 0.6) is 0 Å². The number of anilines is 6. The standard InChI is InChI=1S/C72H39BN2O4S/c1-3-15-40(16-4-1)42-29-31-61-50(33-42)68-54(22-13-26-63(68)76-61)74-56-35-47-44-19-7-10-24-59(44)78-65(47)38-52(56)73-53-39-66-48(45-20-8-11-25-60(45)79-66)36-57(53)75(71-70(73)58(74)37-49-46-21-9-12-28-67(46)80-72(49)71)55-23-14-27-64-69(55)51-34-43(30-32-62(51)77-64)41-17-5-2-6-18-41/h1-39H. The molecule has 5 aromatic heterocycles. The molecule has 7 heterocycles. The van der Waals surface area contributed by atoms with Crippen molar-refractivity contribution < 1.29 is 17.7 Å². The van der Waals surface area contributed by atoms with E-state index in [-0.39, 0.29) is 6.71 Å². The molecule has 0 unspecified atom stereocenters. The lowest BCUT2D eigenvalue weighted by Crippen LogP contribution is -2.61. The molecule has 17 aromatic rings. The molecule has 2 aliphatic rings. The van der Waals surface area contributed by atoms with Crippen LogP contribution in [0.15, 0.2) is 254 Å². The van der Waals surface area contributed by atoms with Crippen molar-refractivity contribution in [3.8, 4) is 22.3 Å². The lowest BCUT2D eigenvalue weighted by molar-refractivity contribution is 0.668. The third kappa shape index (κ3) is 5.76. The lowest BCUT2D eigenvalue weighted by Gasteiger charge is -2.44. The summed E-state index contributed by atoms with van der Waals surface area (Å²) in [5.41, 5.74) is 21.2. The molecule has 0 atom stereocenters. The van der Waals surface area contributed by atoms with Crippen molar-refractivity contribution in [3.63, 3.8) is 0 Å². The second-order valence-corrected chi connectivity index (χ2v) is 22.5. The summed E-state index contributed by atoms with van der Waals surface area (Å²) in [4.78, 5) is 5.13. The first kappa shape index (κ1) is 42.8. The molecule has 80 heavy (non-hydrogen) atoms. The van der Waals surface area contributed by atoms with Crippen LogP contribution in [-0.4, -0.2) is 6.71 Å². The maximum Gasteiger partial charge on any atom is 0.252 e. The number of furan rings is 4. The number of rotatable bonds is 4. The zero-order valence-corrected chi connectivity index (χ0v) is 43.3. The van der Waals surface area contributed by atoms with Gasteiger partial charge in [-0.05, 0) is 136 Å². The number of nitrogens with zero attached hydrogens (tertiary/aromatic N) is 2. The van der Waals surface area contributed by atoms with Crippen molar-refractivity contribution in [3.05, 3.63) is 237 Å². The molecule has 8 heteroatoms. The van der Waals surface area contributed by atoms with Gasteiger partial charge in [0.05, 0.1) is 32.5 Å². The third-order valence-electron chi connectivity index (χ3n) is 17.2. The molecule has 19 rings (SSSR count). The van der Waals surface area contributed by atoms with Crippen molar-refractivity contribution in [2.45, 2.75) is 0 Å². The average Bonchev–Trinajstić information content (AvgIpc) is 3.47. The summed E-state index contributed by atoms with van der Waals surface area (Å²) in [6.45, 7) is -0.266. The van der Waals surface area contributed by atoms with Crippen LogP contribution in [0.1, 0.15) is 0 Å². The van der Waals surface area contributed by atoms with Gasteiger partial charge in [0.1, 0.15) is 44.7 Å². The van der Waals surface area contributed by atoms with Crippen molar-refractivity contribution in [2.75, 3.05) is 9.80 Å². The largest absolute Gasteiger partial charge is 0.456 e. The quantitative estimate of drug-likeness (QED) is 0.164. The Balaban J connectivity index is 0.995. The van der Waals surface area contributed by atoms with Gasteiger partial charge in [0.2, 0.25) is 0 Å². The molecule has 0 radical (unpaired) electrons. The van der Waals surface area contributed by atoms with Crippen molar-refractivity contribution in [2.24, 2.45) is 0 Å². The predicted molar refractivity (Wildman–Crippen MR) is 333 cm³/mol. The Morgan fingerprint density at radius 2 is 0.750 bits per heavy atom. The van der Waals surface area contributed by atoms with Crippen molar-refractivity contribution >= 4 is 176 Å². The molecule has 0 N–H and O–H groups in total. The normalized spacial score (nSPS) is 13.2. The van der Waals surface area contributed by atoms with Gasteiger partial charge < -0.3 is 27.5 Å². The van der Waals surface area contributed by atoms with Crippen LogP contribution in [0, 0.1) is 0 Å². The van der Waals surface area contributed by atoms with Gasteiger partial charge in [-0.3, -0.25) is 0 Å².